The Morgan fingerprint density at radius 2 is 1.80 bits per heavy atom. The van der Waals surface area contributed by atoms with Gasteiger partial charge in [0.1, 0.15) is 0 Å². The van der Waals surface area contributed by atoms with E-state index >= 15 is 0 Å². The van der Waals surface area contributed by atoms with Crippen LogP contribution in [0, 0.1) is 11.3 Å². The first kappa shape index (κ1) is 15.8. The Bertz CT molecular complexity index is 329. The molecule has 0 aromatic heterocycles. The molecular formula is C16H30N2O2. The van der Waals surface area contributed by atoms with Crippen LogP contribution in [-0.2, 0) is 4.79 Å². The minimum atomic E-state index is -0.400. The van der Waals surface area contributed by atoms with Crippen LogP contribution in [0.15, 0.2) is 0 Å². The molecule has 0 spiro atoms. The smallest absolute Gasteiger partial charge is 0.228 e. The van der Waals surface area contributed by atoms with E-state index < -0.39 is 5.54 Å². The van der Waals surface area contributed by atoms with E-state index in [1.807, 2.05) is 0 Å². The molecule has 2 saturated carbocycles. The highest BCUT2D eigenvalue weighted by molar-refractivity contribution is 5.83. The lowest BCUT2D eigenvalue weighted by atomic mass is 9.71. The fraction of sp³-hybridized carbons (Fsp3) is 0.938. The Morgan fingerprint density at radius 1 is 1.20 bits per heavy atom. The Kier molecular flexibility index (Phi) is 5.08. The Hall–Kier alpha value is -0.610. The van der Waals surface area contributed by atoms with E-state index in [1.54, 1.807) is 0 Å². The van der Waals surface area contributed by atoms with Crippen LogP contribution in [0.2, 0.25) is 0 Å². The number of nitrogens with two attached hydrogens (primary N) is 1. The average molecular weight is 282 g/mol. The van der Waals surface area contributed by atoms with Gasteiger partial charge in [0, 0.05) is 6.54 Å². The third-order valence-corrected chi connectivity index (χ3v) is 5.60. The number of hydrogen-bond acceptors (Lipinski definition) is 3. The van der Waals surface area contributed by atoms with Crippen LogP contribution in [-0.4, -0.2) is 29.7 Å². The molecule has 0 bridgehead atoms. The summed E-state index contributed by atoms with van der Waals surface area (Å²) in [5.74, 6) is 0.785. The molecule has 2 rings (SSSR count). The van der Waals surface area contributed by atoms with Crippen molar-refractivity contribution in [3.63, 3.8) is 0 Å². The lowest BCUT2D eigenvalue weighted by Gasteiger charge is -2.43. The summed E-state index contributed by atoms with van der Waals surface area (Å²) in [5.41, 5.74) is 5.14. The number of nitrogens with one attached hydrogen (secondary N) is 1. The van der Waals surface area contributed by atoms with Gasteiger partial charge in [0.05, 0.1) is 17.6 Å². The zero-order valence-electron chi connectivity index (χ0n) is 12.8. The molecule has 2 fully saturated rings. The maximum absolute atomic E-state index is 12.8. The molecule has 1 amide bonds. The first-order chi connectivity index (χ1) is 9.56. The van der Waals surface area contributed by atoms with Crippen molar-refractivity contribution in [2.75, 3.05) is 13.2 Å². The van der Waals surface area contributed by atoms with Crippen molar-refractivity contribution in [1.82, 2.24) is 5.32 Å². The predicted octanol–water partition coefficient (Wildman–Crippen LogP) is 1.95. The monoisotopic (exact) mass is 282 g/mol. The Morgan fingerprint density at radius 3 is 2.30 bits per heavy atom. The van der Waals surface area contributed by atoms with Crippen molar-refractivity contribution in [2.45, 2.75) is 70.3 Å². The van der Waals surface area contributed by atoms with Gasteiger partial charge in [-0.2, -0.15) is 0 Å². The van der Waals surface area contributed by atoms with Gasteiger partial charge in [-0.25, -0.2) is 0 Å². The Labute approximate surface area is 122 Å². The number of rotatable bonds is 4. The lowest BCUT2D eigenvalue weighted by Crippen LogP contribution is -2.59. The van der Waals surface area contributed by atoms with Crippen molar-refractivity contribution >= 4 is 5.91 Å². The molecule has 0 saturated heterocycles. The first-order valence-electron chi connectivity index (χ1n) is 8.19. The number of aliphatic hydroxyl groups is 1. The molecule has 116 valence electrons. The van der Waals surface area contributed by atoms with Gasteiger partial charge in [0.25, 0.3) is 0 Å². The van der Waals surface area contributed by atoms with E-state index in [2.05, 4.69) is 12.2 Å². The highest BCUT2D eigenvalue weighted by atomic mass is 16.3. The molecule has 2 aliphatic carbocycles. The van der Waals surface area contributed by atoms with E-state index in [9.17, 15) is 9.90 Å². The van der Waals surface area contributed by atoms with Crippen LogP contribution in [0.25, 0.3) is 0 Å². The van der Waals surface area contributed by atoms with Crippen LogP contribution < -0.4 is 11.1 Å². The maximum atomic E-state index is 12.8. The molecule has 4 nitrogen and oxygen atoms in total. The van der Waals surface area contributed by atoms with Gasteiger partial charge < -0.3 is 16.2 Å². The van der Waals surface area contributed by atoms with Gasteiger partial charge in [-0.05, 0) is 44.4 Å². The van der Waals surface area contributed by atoms with Gasteiger partial charge >= 0.3 is 0 Å². The number of carbonyl (C=O) groups excluding carboxylic acids is 1. The fourth-order valence-electron chi connectivity index (χ4n) is 3.76. The molecule has 0 atom stereocenters. The summed E-state index contributed by atoms with van der Waals surface area (Å²) in [6.45, 7) is 2.72. The SMILES string of the molecule is CC1CCC(CO)(NC(=O)C2(CN)CCCCC2)CC1. The largest absolute Gasteiger partial charge is 0.394 e. The molecule has 0 aliphatic heterocycles. The summed E-state index contributed by atoms with van der Waals surface area (Å²) in [5, 5.41) is 13.0. The van der Waals surface area contributed by atoms with Crippen molar-refractivity contribution in [3.05, 3.63) is 0 Å². The van der Waals surface area contributed by atoms with Gasteiger partial charge in [-0.1, -0.05) is 26.2 Å². The number of aliphatic hydroxyl groups excluding tert-OH is 1. The molecule has 4 heteroatoms. The summed E-state index contributed by atoms with van der Waals surface area (Å²) in [6, 6.07) is 0. The average Bonchev–Trinajstić information content (AvgIpc) is 2.50. The van der Waals surface area contributed by atoms with E-state index in [0.717, 1.165) is 51.4 Å². The molecule has 0 radical (unpaired) electrons. The van der Waals surface area contributed by atoms with E-state index in [0.29, 0.717) is 12.5 Å². The van der Waals surface area contributed by atoms with Crippen molar-refractivity contribution in [1.29, 1.82) is 0 Å². The van der Waals surface area contributed by atoms with E-state index in [4.69, 9.17) is 5.73 Å². The molecular weight excluding hydrogens is 252 g/mol. The third kappa shape index (κ3) is 3.17. The second-order valence-corrected chi connectivity index (χ2v) is 7.12. The van der Waals surface area contributed by atoms with Crippen LogP contribution in [0.3, 0.4) is 0 Å². The fourth-order valence-corrected chi connectivity index (χ4v) is 3.76. The quantitative estimate of drug-likeness (QED) is 0.738. The van der Waals surface area contributed by atoms with Gasteiger partial charge in [-0.3, -0.25) is 4.79 Å². The normalized spacial score (nSPS) is 33.6. The highest BCUT2D eigenvalue weighted by Gasteiger charge is 2.43. The second-order valence-electron chi connectivity index (χ2n) is 7.12. The van der Waals surface area contributed by atoms with Crippen LogP contribution in [0.1, 0.15) is 64.7 Å². The predicted molar refractivity (Wildman–Crippen MR) is 80.2 cm³/mol. The minimum Gasteiger partial charge on any atom is -0.394 e. The highest BCUT2D eigenvalue weighted by Crippen LogP contribution is 2.38. The van der Waals surface area contributed by atoms with Crippen molar-refractivity contribution in [3.8, 4) is 0 Å². The maximum Gasteiger partial charge on any atom is 0.228 e. The number of amides is 1. The summed E-state index contributed by atoms with van der Waals surface area (Å²) in [4.78, 5) is 12.8. The summed E-state index contributed by atoms with van der Waals surface area (Å²) >= 11 is 0. The number of carbonyl (C=O) groups is 1. The zero-order chi connectivity index (χ0) is 14.6. The van der Waals surface area contributed by atoms with Gasteiger partial charge in [0.15, 0.2) is 0 Å². The molecule has 4 N–H and O–H groups in total. The molecule has 0 aromatic carbocycles. The van der Waals surface area contributed by atoms with E-state index in [1.165, 1.54) is 6.42 Å². The zero-order valence-corrected chi connectivity index (χ0v) is 12.8. The van der Waals surface area contributed by atoms with E-state index in [-0.39, 0.29) is 17.9 Å². The third-order valence-electron chi connectivity index (χ3n) is 5.60. The second kappa shape index (κ2) is 6.44. The van der Waals surface area contributed by atoms with Gasteiger partial charge in [-0.15, -0.1) is 0 Å². The minimum absolute atomic E-state index is 0.0477. The molecule has 0 aromatic rings. The molecule has 0 heterocycles. The summed E-state index contributed by atoms with van der Waals surface area (Å²) in [6.07, 6.45) is 9.11. The molecule has 20 heavy (non-hydrogen) atoms. The van der Waals surface area contributed by atoms with Crippen LogP contribution >= 0.6 is 0 Å². The lowest BCUT2D eigenvalue weighted by molar-refractivity contribution is -0.135. The Balaban J connectivity index is 2.04. The summed E-state index contributed by atoms with van der Waals surface area (Å²) in [7, 11) is 0. The van der Waals surface area contributed by atoms with Crippen LogP contribution in [0.5, 0.6) is 0 Å². The standard InChI is InChI=1S/C16H30N2O2/c1-13-5-9-16(12-19,10-6-13)18-14(20)15(11-17)7-3-2-4-8-15/h13,19H,2-12,17H2,1H3,(H,18,20). The van der Waals surface area contributed by atoms with Crippen LogP contribution in [0.4, 0.5) is 0 Å². The van der Waals surface area contributed by atoms with Crippen molar-refractivity contribution < 1.29 is 9.90 Å². The molecule has 2 aliphatic rings. The topological polar surface area (TPSA) is 75.3 Å². The van der Waals surface area contributed by atoms with Crippen molar-refractivity contribution in [2.24, 2.45) is 17.1 Å². The number of hydrogen-bond donors (Lipinski definition) is 3. The first-order valence-corrected chi connectivity index (χ1v) is 8.19. The van der Waals surface area contributed by atoms with Gasteiger partial charge in [0.2, 0.25) is 5.91 Å². The molecule has 0 unspecified atom stereocenters. The summed E-state index contributed by atoms with van der Waals surface area (Å²) < 4.78 is 0.